The minimum atomic E-state index is 1.05. The monoisotopic (exact) mass is 229 g/mol. The largest absolute Gasteiger partial charge is 0.385 e. The third-order valence-electron chi connectivity index (χ3n) is 2.69. The van der Waals surface area contributed by atoms with Crippen LogP contribution < -0.4 is 5.32 Å². The normalized spacial score (nSPS) is 9.53. The lowest BCUT2D eigenvalue weighted by Crippen LogP contribution is -2.01. The third kappa shape index (κ3) is 5.96. The molecule has 0 aliphatic heterocycles. The summed E-state index contributed by atoms with van der Waals surface area (Å²) >= 11 is 0. The molecule has 0 bridgehead atoms. The fourth-order valence-electron chi connectivity index (χ4n) is 1.63. The van der Waals surface area contributed by atoms with Crippen molar-refractivity contribution in [1.82, 2.24) is 0 Å². The van der Waals surface area contributed by atoms with Crippen molar-refractivity contribution in [3.8, 4) is 0 Å². The van der Waals surface area contributed by atoms with Crippen molar-refractivity contribution in [2.24, 2.45) is 0 Å². The molecule has 1 aromatic carbocycles. The van der Waals surface area contributed by atoms with Crippen molar-refractivity contribution in [3.63, 3.8) is 0 Å². The summed E-state index contributed by atoms with van der Waals surface area (Å²) in [6.07, 6.45) is 3.80. The number of anilines is 1. The summed E-state index contributed by atoms with van der Waals surface area (Å²) < 4.78 is 0. The van der Waals surface area contributed by atoms with Crippen LogP contribution in [0.15, 0.2) is 48.5 Å². The number of hydrogen-bond donors (Lipinski definition) is 1. The van der Waals surface area contributed by atoms with Gasteiger partial charge in [-0.05, 0) is 25.0 Å². The molecular weight excluding hydrogens is 206 g/mol. The van der Waals surface area contributed by atoms with E-state index in [1.165, 1.54) is 30.5 Å². The van der Waals surface area contributed by atoms with Crippen molar-refractivity contribution < 1.29 is 0 Å². The summed E-state index contributed by atoms with van der Waals surface area (Å²) in [6.45, 7) is 5.42. The highest BCUT2D eigenvalue weighted by molar-refractivity contribution is 5.48. The maximum absolute atomic E-state index is 3.51. The lowest BCUT2D eigenvalue weighted by molar-refractivity contribution is 0.743. The summed E-state index contributed by atoms with van der Waals surface area (Å²) in [5.74, 6) is 0. The average molecular weight is 229 g/mol. The second-order valence-electron chi connectivity index (χ2n) is 4.22. The molecule has 0 amide bonds. The Morgan fingerprint density at radius 3 is 2.24 bits per heavy atom. The van der Waals surface area contributed by atoms with Crippen molar-refractivity contribution >= 4 is 5.69 Å². The molecule has 0 aliphatic rings. The van der Waals surface area contributed by atoms with Crippen molar-refractivity contribution in [2.75, 3.05) is 11.9 Å². The zero-order chi connectivity index (χ0) is 12.3. The molecule has 1 nitrogen and oxygen atoms in total. The highest BCUT2D eigenvalue weighted by Gasteiger charge is 1.92. The lowest BCUT2D eigenvalue weighted by atomic mass is 10.2. The smallest absolute Gasteiger partial charge is 0.0369 e. The van der Waals surface area contributed by atoms with Gasteiger partial charge in [0.05, 0.1) is 0 Å². The van der Waals surface area contributed by atoms with Crippen LogP contribution in [-0.2, 0) is 0 Å². The molecule has 0 spiro atoms. The Labute approximate surface area is 105 Å². The van der Waals surface area contributed by atoms with E-state index in [4.69, 9.17) is 0 Å². The third-order valence-corrected chi connectivity index (χ3v) is 2.69. The minimum absolute atomic E-state index is 1.05. The van der Waals surface area contributed by atoms with Crippen LogP contribution in [0, 0.1) is 6.92 Å². The second kappa shape index (κ2) is 8.63. The van der Waals surface area contributed by atoms with Crippen LogP contribution in [-0.4, -0.2) is 6.54 Å². The number of rotatable bonds is 5. The van der Waals surface area contributed by atoms with Gasteiger partial charge in [0.2, 0.25) is 0 Å². The van der Waals surface area contributed by atoms with E-state index >= 15 is 0 Å². The first kappa shape index (κ1) is 13.6. The van der Waals surface area contributed by atoms with Crippen LogP contribution in [0.3, 0.4) is 0 Å². The maximum atomic E-state index is 3.51. The van der Waals surface area contributed by atoms with E-state index in [1.54, 1.807) is 0 Å². The molecule has 0 radical (unpaired) electrons. The van der Waals surface area contributed by atoms with Gasteiger partial charge in [-0.2, -0.15) is 0 Å². The maximum Gasteiger partial charge on any atom is 0.0369 e. The predicted molar refractivity (Wildman–Crippen MR) is 76.8 cm³/mol. The summed E-state index contributed by atoms with van der Waals surface area (Å²) in [5, 5.41) is 3.51. The number of hydrogen-bond acceptors (Lipinski definition) is 1. The lowest BCUT2D eigenvalue weighted by Gasteiger charge is -2.07. The van der Waals surface area contributed by atoms with E-state index in [-0.39, 0.29) is 0 Å². The van der Waals surface area contributed by atoms with E-state index in [0.29, 0.717) is 0 Å². The molecule has 17 heavy (non-hydrogen) atoms. The summed E-state index contributed by atoms with van der Waals surface area (Å²) in [4.78, 5) is 0. The van der Waals surface area contributed by atoms with Crippen LogP contribution in [0.2, 0.25) is 0 Å². The SMILES string of the molecule is CCCCCNc1ccccccccc1C. The topological polar surface area (TPSA) is 12.0 Å². The van der Waals surface area contributed by atoms with Crippen molar-refractivity contribution in [2.45, 2.75) is 33.1 Å². The fraction of sp³-hybridized carbons (Fsp3) is 0.375. The number of nitrogens with one attached hydrogen (secondary N) is 1. The van der Waals surface area contributed by atoms with Gasteiger partial charge in [0.25, 0.3) is 0 Å². The van der Waals surface area contributed by atoms with Gasteiger partial charge in [-0.25, -0.2) is 0 Å². The quantitative estimate of drug-likeness (QED) is 0.720. The molecule has 0 aromatic heterocycles. The van der Waals surface area contributed by atoms with Crippen LogP contribution in [0.5, 0.6) is 0 Å². The van der Waals surface area contributed by atoms with Crippen molar-refractivity contribution in [3.05, 3.63) is 54.1 Å². The summed E-state index contributed by atoms with van der Waals surface area (Å²) in [7, 11) is 0. The Kier molecular flexibility index (Phi) is 6.89. The first-order chi connectivity index (χ1) is 8.34. The number of aryl methyl sites for hydroxylation is 1. The van der Waals surface area contributed by atoms with Gasteiger partial charge in [-0.1, -0.05) is 62.2 Å². The van der Waals surface area contributed by atoms with E-state index < -0.39 is 0 Å². The van der Waals surface area contributed by atoms with E-state index in [1.807, 2.05) is 18.2 Å². The average Bonchev–Trinajstić information content (AvgIpc) is 2.35. The standard InChI is InChI=1S/C16H23N/c1-3-4-11-14-17-16-13-10-8-6-5-7-9-12-15(16)2/h5-10,12-13,17H,3-4,11,14H2,1-2H3. The van der Waals surface area contributed by atoms with E-state index in [0.717, 1.165) is 6.54 Å². The van der Waals surface area contributed by atoms with Crippen LogP contribution in [0.25, 0.3) is 0 Å². The highest BCUT2D eigenvalue weighted by atomic mass is 14.9. The minimum Gasteiger partial charge on any atom is -0.385 e. The molecule has 0 aliphatic carbocycles. The molecular formula is C16H23N. The van der Waals surface area contributed by atoms with Gasteiger partial charge in [0.1, 0.15) is 0 Å². The Balaban J connectivity index is 2.76. The van der Waals surface area contributed by atoms with E-state index in [9.17, 15) is 0 Å². The molecule has 1 heteroatoms. The molecule has 1 aromatic rings. The van der Waals surface area contributed by atoms with Gasteiger partial charge in [-0.3, -0.25) is 0 Å². The summed E-state index contributed by atoms with van der Waals surface area (Å²) in [6, 6.07) is 16.6. The van der Waals surface area contributed by atoms with Gasteiger partial charge < -0.3 is 5.32 Å². The Bertz CT molecular complexity index is 370. The Morgan fingerprint density at radius 2 is 1.53 bits per heavy atom. The van der Waals surface area contributed by atoms with Gasteiger partial charge >= 0.3 is 0 Å². The van der Waals surface area contributed by atoms with Crippen LogP contribution >= 0.6 is 0 Å². The molecule has 1 N–H and O–H groups in total. The molecule has 0 fully saturated rings. The summed E-state index contributed by atoms with van der Waals surface area (Å²) in [5.41, 5.74) is 2.50. The highest BCUT2D eigenvalue weighted by Crippen LogP contribution is 2.10. The molecule has 0 unspecified atom stereocenters. The van der Waals surface area contributed by atoms with Crippen LogP contribution in [0.1, 0.15) is 31.7 Å². The molecule has 0 atom stereocenters. The first-order valence-electron chi connectivity index (χ1n) is 6.47. The zero-order valence-corrected chi connectivity index (χ0v) is 10.9. The predicted octanol–water partition coefficient (Wildman–Crippen LogP) is 4.72. The number of unbranched alkanes of at least 4 members (excludes halogenated alkanes) is 2. The Morgan fingerprint density at radius 1 is 0.882 bits per heavy atom. The second-order valence-corrected chi connectivity index (χ2v) is 4.22. The molecule has 1 rings (SSSR count). The van der Waals surface area contributed by atoms with Gasteiger partial charge in [0.15, 0.2) is 0 Å². The molecule has 92 valence electrons. The van der Waals surface area contributed by atoms with Crippen molar-refractivity contribution in [1.29, 1.82) is 0 Å². The van der Waals surface area contributed by atoms with Crippen LogP contribution in [0.4, 0.5) is 5.69 Å². The van der Waals surface area contributed by atoms with Gasteiger partial charge in [-0.15, -0.1) is 0 Å². The fourth-order valence-corrected chi connectivity index (χ4v) is 1.63. The first-order valence-corrected chi connectivity index (χ1v) is 6.47. The molecule has 0 saturated heterocycles. The molecule has 0 heterocycles. The Hall–Kier alpha value is -1.50. The zero-order valence-electron chi connectivity index (χ0n) is 10.9. The van der Waals surface area contributed by atoms with Gasteiger partial charge in [0, 0.05) is 12.2 Å². The van der Waals surface area contributed by atoms with E-state index in [2.05, 4.69) is 49.5 Å². The molecule has 0 saturated carbocycles.